The largest absolute Gasteiger partial charge is 0.351 e. The van der Waals surface area contributed by atoms with Crippen LogP contribution in [0.4, 0.5) is 4.39 Å². The van der Waals surface area contributed by atoms with Crippen LogP contribution >= 0.6 is 11.3 Å². The second-order valence-corrected chi connectivity index (χ2v) is 10.1. The Morgan fingerprint density at radius 2 is 1.83 bits per heavy atom. The van der Waals surface area contributed by atoms with E-state index in [0.29, 0.717) is 5.52 Å². The number of nitrogens with one attached hydrogen (secondary N) is 1. The summed E-state index contributed by atoms with van der Waals surface area (Å²) in [6.07, 6.45) is 5.02. The maximum absolute atomic E-state index is 15.1. The van der Waals surface area contributed by atoms with E-state index < -0.39 is 11.9 Å². The van der Waals surface area contributed by atoms with Gasteiger partial charge in [-0.3, -0.25) is 9.59 Å². The summed E-state index contributed by atoms with van der Waals surface area (Å²) in [5.74, 6) is -1.22. The zero-order valence-corrected chi connectivity index (χ0v) is 20.7. The van der Waals surface area contributed by atoms with Crippen molar-refractivity contribution in [2.45, 2.75) is 57.3 Å². The van der Waals surface area contributed by atoms with Crippen molar-refractivity contribution in [3.63, 3.8) is 0 Å². The van der Waals surface area contributed by atoms with Crippen LogP contribution in [-0.2, 0) is 22.7 Å². The second-order valence-electron chi connectivity index (χ2n) is 9.10. The molecule has 0 spiro atoms. The van der Waals surface area contributed by atoms with Crippen LogP contribution in [0.3, 0.4) is 0 Å². The maximum atomic E-state index is 15.1. The molecule has 2 aromatic heterocycles. The first-order valence-corrected chi connectivity index (χ1v) is 13.1. The van der Waals surface area contributed by atoms with E-state index in [0.717, 1.165) is 42.5 Å². The molecule has 5 rings (SSSR count). The molecule has 1 N–H and O–H groups in total. The van der Waals surface area contributed by atoms with Crippen LogP contribution in [0.1, 0.15) is 48.6 Å². The molecule has 0 unspecified atom stereocenters. The lowest BCUT2D eigenvalue weighted by Gasteiger charge is -2.33. The van der Waals surface area contributed by atoms with Gasteiger partial charge in [-0.15, -0.1) is 16.4 Å². The van der Waals surface area contributed by atoms with Gasteiger partial charge < -0.3 is 10.2 Å². The van der Waals surface area contributed by atoms with Gasteiger partial charge in [0.1, 0.15) is 23.9 Å². The number of rotatable bonds is 8. The van der Waals surface area contributed by atoms with E-state index in [1.165, 1.54) is 27.0 Å². The lowest BCUT2D eigenvalue weighted by molar-refractivity contribution is -0.142. The van der Waals surface area contributed by atoms with Gasteiger partial charge >= 0.3 is 0 Å². The first-order chi connectivity index (χ1) is 17.6. The van der Waals surface area contributed by atoms with Gasteiger partial charge in [-0.05, 0) is 42.5 Å². The topological polar surface area (TPSA) is 80.1 Å². The van der Waals surface area contributed by atoms with Gasteiger partial charge in [-0.25, -0.2) is 9.07 Å². The molecule has 2 aromatic carbocycles. The van der Waals surface area contributed by atoms with Crippen molar-refractivity contribution >= 4 is 34.2 Å². The van der Waals surface area contributed by atoms with Gasteiger partial charge in [0.05, 0.1) is 12.1 Å². The summed E-state index contributed by atoms with van der Waals surface area (Å²) in [7, 11) is 0. The van der Waals surface area contributed by atoms with Crippen LogP contribution in [0.15, 0.2) is 66.0 Å². The van der Waals surface area contributed by atoms with Gasteiger partial charge in [0, 0.05) is 16.5 Å². The van der Waals surface area contributed by atoms with Crippen LogP contribution in [0.2, 0.25) is 0 Å². The highest BCUT2D eigenvalue weighted by atomic mass is 32.1. The molecule has 0 aliphatic heterocycles. The molecule has 7 nitrogen and oxygen atoms in total. The van der Waals surface area contributed by atoms with Crippen LogP contribution in [0, 0.1) is 5.82 Å². The fourth-order valence-corrected chi connectivity index (χ4v) is 5.52. The Balaban J connectivity index is 1.51. The third-order valence-electron chi connectivity index (χ3n) is 6.64. The summed E-state index contributed by atoms with van der Waals surface area (Å²) in [5.41, 5.74) is 1.57. The van der Waals surface area contributed by atoms with E-state index in [2.05, 4.69) is 15.6 Å². The fraction of sp³-hybridized carbons (Fsp3) is 0.333. The number of carbonyl (C=O) groups excluding carboxylic acids is 2. The summed E-state index contributed by atoms with van der Waals surface area (Å²) in [6.45, 7) is 0.0633. The minimum Gasteiger partial charge on any atom is -0.351 e. The zero-order chi connectivity index (χ0) is 24.9. The number of amides is 2. The number of carbonyl (C=O) groups is 2. The molecule has 2 heterocycles. The average molecular weight is 506 g/mol. The van der Waals surface area contributed by atoms with E-state index in [1.807, 2.05) is 41.8 Å². The number of halogens is 1. The Hall–Kier alpha value is -3.59. The first kappa shape index (κ1) is 24.1. The van der Waals surface area contributed by atoms with Crippen molar-refractivity contribution in [1.29, 1.82) is 0 Å². The molecule has 0 bridgehead atoms. The van der Waals surface area contributed by atoms with Crippen LogP contribution in [0.25, 0.3) is 11.0 Å². The van der Waals surface area contributed by atoms with E-state index in [-0.39, 0.29) is 36.5 Å². The van der Waals surface area contributed by atoms with Gasteiger partial charge in [0.15, 0.2) is 0 Å². The van der Waals surface area contributed by atoms with Gasteiger partial charge in [-0.2, -0.15) is 0 Å². The number of para-hydroxylation sites is 1. The zero-order valence-electron chi connectivity index (χ0n) is 19.8. The number of hydrogen-bond donors (Lipinski definition) is 1. The van der Waals surface area contributed by atoms with Crippen LogP contribution in [-0.4, -0.2) is 37.7 Å². The highest BCUT2D eigenvalue weighted by molar-refractivity contribution is 7.09. The van der Waals surface area contributed by atoms with Gasteiger partial charge in [0.2, 0.25) is 11.8 Å². The molecule has 1 fully saturated rings. The molecule has 9 heteroatoms. The molecular formula is C27H28FN5O2S. The van der Waals surface area contributed by atoms with Crippen molar-refractivity contribution in [3.8, 4) is 0 Å². The smallest absolute Gasteiger partial charge is 0.247 e. The predicted molar refractivity (Wildman–Crippen MR) is 137 cm³/mol. The maximum Gasteiger partial charge on any atom is 0.247 e. The van der Waals surface area contributed by atoms with E-state index >= 15 is 4.39 Å². The first-order valence-electron chi connectivity index (χ1n) is 12.2. The van der Waals surface area contributed by atoms with E-state index in [1.54, 1.807) is 18.2 Å². The van der Waals surface area contributed by atoms with E-state index in [4.69, 9.17) is 0 Å². The molecule has 1 atom stereocenters. The highest BCUT2D eigenvalue weighted by Crippen LogP contribution is 2.29. The number of benzene rings is 2. The second kappa shape index (κ2) is 11.0. The monoisotopic (exact) mass is 505 g/mol. The molecule has 1 saturated carbocycles. The van der Waals surface area contributed by atoms with Crippen LogP contribution in [0.5, 0.6) is 0 Å². The normalized spacial score (nSPS) is 15.0. The average Bonchev–Trinajstić information content (AvgIpc) is 3.55. The third kappa shape index (κ3) is 5.31. The number of thiophene rings is 1. The molecule has 2 amide bonds. The SMILES string of the molecule is O=C(NC1CCCCC1)[C@H](c1ccccc1F)N(Cc1cccs1)C(=O)Cn1nnc2ccccc21. The number of fused-ring (bicyclic) bond motifs is 1. The minimum absolute atomic E-state index is 0.0264. The molecule has 0 saturated heterocycles. The van der Waals surface area contributed by atoms with Crippen molar-refractivity contribution in [2.24, 2.45) is 0 Å². The minimum atomic E-state index is -1.11. The summed E-state index contributed by atoms with van der Waals surface area (Å²) < 4.78 is 16.6. The van der Waals surface area contributed by atoms with E-state index in [9.17, 15) is 9.59 Å². The third-order valence-corrected chi connectivity index (χ3v) is 7.50. The predicted octanol–water partition coefficient (Wildman–Crippen LogP) is 4.85. The number of nitrogens with zero attached hydrogens (tertiary/aromatic N) is 4. The standard InChI is InChI=1S/C27H28FN5O2S/c28-22-13-5-4-12-21(22)26(27(35)29-19-9-2-1-3-10-19)32(17-20-11-8-16-36-20)25(34)18-33-24-15-7-6-14-23(24)30-31-33/h4-8,11-16,19,26H,1-3,9-10,17-18H2,(H,29,35)/t26-/m0/s1. The van der Waals surface area contributed by atoms with Crippen molar-refractivity contribution in [2.75, 3.05) is 0 Å². The number of hydrogen-bond acceptors (Lipinski definition) is 5. The molecule has 1 aliphatic rings. The van der Waals surface area contributed by atoms with Crippen molar-refractivity contribution < 1.29 is 14.0 Å². The Morgan fingerprint density at radius 3 is 2.61 bits per heavy atom. The van der Waals surface area contributed by atoms with Gasteiger partial charge in [-0.1, -0.05) is 60.9 Å². The Labute approximate surface area is 212 Å². The van der Waals surface area contributed by atoms with Crippen LogP contribution < -0.4 is 5.32 Å². The Kier molecular flexibility index (Phi) is 7.36. The fourth-order valence-electron chi connectivity index (χ4n) is 4.82. The number of aromatic nitrogens is 3. The summed E-state index contributed by atoms with van der Waals surface area (Å²) in [6, 6.07) is 16.3. The van der Waals surface area contributed by atoms with Crippen molar-refractivity contribution in [1.82, 2.24) is 25.2 Å². The molecular weight excluding hydrogens is 477 g/mol. The Morgan fingerprint density at radius 1 is 1.06 bits per heavy atom. The lowest BCUT2D eigenvalue weighted by Crippen LogP contribution is -2.47. The molecule has 1 aliphatic carbocycles. The molecule has 186 valence electrons. The molecule has 0 radical (unpaired) electrons. The summed E-state index contributed by atoms with van der Waals surface area (Å²) in [5, 5.41) is 13.3. The Bertz CT molecular complexity index is 1330. The molecule has 36 heavy (non-hydrogen) atoms. The lowest BCUT2D eigenvalue weighted by atomic mass is 9.94. The van der Waals surface area contributed by atoms with Gasteiger partial charge in [0.25, 0.3) is 0 Å². The quantitative estimate of drug-likeness (QED) is 0.371. The summed E-state index contributed by atoms with van der Waals surface area (Å²) >= 11 is 1.49. The summed E-state index contributed by atoms with van der Waals surface area (Å²) in [4.78, 5) is 30.0. The van der Waals surface area contributed by atoms with Crippen molar-refractivity contribution in [3.05, 3.63) is 82.3 Å². The molecule has 4 aromatic rings. The highest BCUT2D eigenvalue weighted by Gasteiger charge is 2.35.